The summed E-state index contributed by atoms with van der Waals surface area (Å²) >= 11 is 0.965. The van der Waals surface area contributed by atoms with E-state index in [1.807, 2.05) is 57.2 Å². The SMILES string of the molecule is CCCc1nc(S/C(=C\c2c(OC(C)C)ccc3ccccc23)C(=O)[O-])n[nH]1. The van der Waals surface area contributed by atoms with Crippen LogP contribution in [0.25, 0.3) is 16.8 Å². The Balaban J connectivity index is 2.05. The molecule has 0 amide bonds. The Kier molecular flexibility index (Phi) is 6.36. The molecule has 0 radical (unpaired) electrons. The van der Waals surface area contributed by atoms with E-state index >= 15 is 0 Å². The minimum absolute atomic E-state index is 0.0204. The van der Waals surface area contributed by atoms with Crippen LogP contribution in [0.5, 0.6) is 5.75 Å². The maximum Gasteiger partial charge on any atom is 0.213 e. The fourth-order valence-electron chi connectivity index (χ4n) is 2.81. The second-order valence-electron chi connectivity index (χ2n) is 6.58. The predicted molar refractivity (Wildman–Crippen MR) is 109 cm³/mol. The number of benzene rings is 2. The number of aromatic nitrogens is 3. The molecule has 0 saturated heterocycles. The Morgan fingerprint density at radius 1 is 1.29 bits per heavy atom. The lowest BCUT2D eigenvalue weighted by Crippen LogP contribution is -2.23. The molecule has 0 aliphatic rings. The van der Waals surface area contributed by atoms with E-state index in [2.05, 4.69) is 15.2 Å². The molecule has 1 N–H and O–H groups in total. The Morgan fingerprint density at radius 2 is 2.07 bits per heavy atom. The van der Waals surface area contributed by atoms with E-state index in [0.717, 1.165) is 41.2 Å². The molecule has 0 unspecified atom stereocenters. The summed E-state index contributed by atoms with van der Waals surface area (Å²) in [7, 11) is 0. The molecule has 0 aliphatic carbocycles. The van der Waals surface area contributed by atoms with Crippen molar-refractivity contribution in [3.8, 4) is 5.75 Å². The number of thioether (sulfide) groups is 1. The summed E-state index contributed by atoms with van der Waals surface area (Å²) in [5, 5.41) is 21.0. The van der Waals surface area contributed by atoms with Gasteiger partial charge in [0.1, 0.15) is 11.6 Å². The fraction of sp³-hybridized carbons (Fsp3) is 0.286. The number of carboxylic acid groups (broad SMARTS) is 1. The average Bonchev–Trinajstić information content (AvgIpc) is 3.09. The number of carboxylic acids is 1. The first-order valence-electron chi connectivity index (χ1n) is 9.18. The summed E-state index contributed by atoms with van der Waals surface area (Å²) in [6, 6.07) is 11.6. The molecule has 0 saturated carbocycles. The second-order valence-corrected chi connectivity index (χ2v) is 7.59. The molecule has 0 atom stereocenters. The first-order chi connectivity index (χ1) is 13.5. The number of aryl methyl sites for hydroxylation is 1. The second kappa shape index (κ2) is 8.93. The van der Waals surface area contributed by atoms with Crippen molar-refractivity contribution in [2.45, 2.75) is 44.9 Å². The Hall–Kier alpha value is -2.80. The van der Waals surface area contributed by atoms with Gasteiger partial charge in [-0.05, 0) is 54.9 Å². The highest BCUT2D eigenvalue weighted by atomic mass is 32.2. The summed E-state index contributed by atoms with van der Waals surface area (Å²) in [5.41, 5.74) is 0.697. The average molecular weight is 396 g/mol. The third-order valence-electron chi connectivity index (χ3n) is 3.97. The molecule has 146 valence electrons. The number of rotatable bonds is 8. The van der Waals surface area contributed by atoms with Gasteiger partial charge in [0.25, 0.3) is 0 Å². The molecule has 3 aromatic rings. The van der Waals surface area contributed by atoms with Gasteiger partial charge in [-0.3, -0.25) is 5.10 Å². The van der Waals surface area contributed by atoms with Crippen LogP contribution < -0.4 is 9.84 Å². The van der Waals surface area contributed by atoms with Crippen molar-refractivity contribution >= 4 is 34.6 Å². The zero-order valence-corrected chi connectivity index (χ0v) is 16.9. The maximum atomic E-state index is 11.8. The number of hydrogen-bond donors (Lipinski definition) is 1. The molecule has 1 heterocycles. The zero-order valence-electron chi connectivity index (χ0n) is 16.1. The zero-order chi connectivity index (χ0) is 20.1. The van der Waals surface area contributed by atoms with Gasteiger partial charge in [0, 0.05) is 16.9 Å². The van der Waals surface area contributed by atoms with Gasteiger partial charge in [0.2, 0.25) is 5.16 Å². The lowest BCUT2D eigenvalue weighted by molar-refractivity contribution is -0.297. The quantitative estimate of drug-likeness (QED) is 0.462. The summed E-state index contributed by atoms with van der Waals surface area (Å²) in [6.07, 6.45) is 3.22. The van der Waals surface area contributed by atoms with Crippen molar-refractivity contribution in [2.24, 2.45) is 0 Å². The molecule has 1 aromatic heterocycles. The number of H-pyrrole nitrogens is 1. The lowest BCUT2D eigenvalue weighted by atomic mass is 10.0. The number of hydrogen-bond acceptors (Lipinski definition) is 6. The van der Waals surface area contributed by atoms with Crippen LogP contribution in [0.4, 0.5) is 0 Å². The fourth-order valence-corrected chi connectivity index (χ4v) is 3.52. The van der Waals surface area contributed by atoms with E-state index < -0.39 is 5.97 Å². The van der Waals surface area contributed by atoms with Gasteiger partial charge in [-0.25, -0.2) is 4.98 Å². The maximum absolute atomic E-state index is 11.8. The van der Waals surface area contributed by atoms with Gasteiger partial charge < -0.3 is 14.6 Å². The molecule has 28 heavy (non-hydrogen) atoms. The largest absolute Gasteiger partial charge is 0.544 e. The number of aliphatic carboxylic acids is 1. The highest BCUT2D eigenvalue weighted by Crippen LogP contribution is 2.34. The Morgan fingerprint density at radius 3 is 2.79 bits per heavy atom. The first kappa shape index (κ1) is 19.9. The monoisotopic (exact) mass is 396 g/mol. The number of carbonyl (C=O) groups is 1. The predicted octanol–water partition coefficient (Wildman–Crippen LogP) is 3.58. The van der Waals surface area contributed by atoms with Crippen molar-refractivity contribution < 1.29 is 14.6 Å². The van der Waals surface area contributed by atoms with Crippen LogP contribution in [0.1, 0.15) is 38.6 Å². The van der Waals surface area contributed by atoms with Crippen LogP contribution >= 0.6 is 11.8 Å². The van der Waals surface area contributed by atoms with E-state index in [9.17, 15) is 9.90 Å². The van der Waals surface area contributed by atoms with Gasteiger partial charge in [0.15, 0.2) is 0 Å². The molecule has 7 heteroatoms. The third kappa shape index (κ3) is 4.72. The van der Waals surface area contributed by atoms with Gasteiger partial charge in [-0.1, -0.05) is 37.3 Å². The van der Waals surface area contributed by atoms with Crippen molar-refractivity contribution in [1.29, 1.82) is 0 Å². The van der Waals surface area contributed by atoms with Gasteiger partial charge in [-0.2, -0.15) is 0 Å². The van der Waals surface area contributed by atoms with Crippen molar-refractivity contribution in [2.75, 3.05) is 0 Å². The van der Waals surface area contributed by atoms with Crippen LogP contribution in [0, 0.1) is 0 Å². The molecular weight excluding hydrogens is 374 g/mol. The molecule has 0 spiro atoms. The van der Waals surface area contributed by atoms with Gasteiger partial charge in [0.05, 0.1) is 12.1 Å². The molecular formula is C21H22N3O3S-. The van der Waals surface area contributed by atoms with E-state index in [1.165, 1.54) is 0 Å². The van der Waals surface area contributed by atoms with E-state index in [4.69, 9.17) is 4.74 Å². The summed E-state index contributed by atoms with van der Waals surface area (Å²) in [6.45, 7) is 5.90. The Bertz CT molecular complexity index is 1010. The van der Waals surface area contributed by atoms with Crippen molar-refractivity contribution in [1.82, 2.24) is 15.2 Å². The number of nitrogens with one attached hydrogen (secondary N) is 1. The highest BCUT2D eigenvalue weighted by Gasteiger charge is 2.13. The third-order valence-corrected chi connectivity index (χ3v) is 4.84. The molecule has 2 aromatic carbocycles. The van der Waals surface area contributed by atoms with E-state index in [-0.39, 0.29) is 11.0 Å². The normalized spacial score (nSPS) is 11.9. The number of nitrogens with zero attached hydrogens (tertiary/aromatic N) is 2. The smallest absolute Gasteiger partial charge is 0.213 e. The number of aromatic amines is 1. The summed E-state index contributed by atoms with van der Waals surface area (Å²) in [4.78, 5) is 16.2. The molecule has 3 rings (SSSR count). The van der Waals surface area contributed by atoms with E-state index in [1.54, 1.807) is 6.08 Å². The lowest BCUT2D eigenvalue weighted by Gasteiger charge is -2.16. The molecule has 0 bridgehead atoms. The van der Waals surface area contributed by atoms with Crippen LogP contribution in [0.3, 0.4) is 0 Å². The summed E-state index contributed by atoms with van der Waals surface area (Å²) in [5.74, 6) is 0.0710. The molecule has 0 aliphatic heterocycles. The molecule has 0 fully saturated rings. The van der Waals surface area contributed by atoms with Crippen LogP contribution in [-0.4, -0.2) is 27.3 Å². The minimum atomic E-state index is -1.28. The number of ether oxygens (including phenoxy) is 1. The highest BCUT2D eigenvalue weighted by molar-refractivity contribution is 8.04. The van der Waals surface area contributed by atoms with Crippen LogP contribution in [-0.2, 0) is 11.2 Å². The standard InChI is InChI=1S/C21H23N3O3S/c1-4-7-19-22-21(24-23-19)28-18(20(25)26)12-16-15-9-6-5-8-14(15)10-11-17(16)27-13(2)3/h5-6,8-13H,4,7H2,1-3H3,(H,25,26)(H,22,23,24)/p-1/b18-12-. The Labute approximate surface area is 168 Å². The topological polar surface area (TPSA) is 90.9 Å². The van der Waals surface area contributed by atoms with Crippen LogP contribution in [0.2, 0.25) is 0 Å². The van der Waals surface area contributed by atoms with Crippen molar-refractivity contribution in [3.05, 3.63) is 52.7 Å². The molecule has 6 nitrogen and oxygen atoms in total. The van der Waals surface area contributed by atoms with Crippen molar-refractivity contribution in [3.63, 3.8) is 0 Å². The van der Waals surface area contributed by atoms with Gasteiger partial charge >= 0.3 is 0 Å². The van der Waals surface area contributed by atoms with Gasteiger partial charge in [-0.15, -0.1) is 5.10 Å². The number of carbonyl (C=O) groups excluding carboxylic acids is 1. The van der Waals surface area contributed by atoms with Crippen LogP contribution in [0.15, 0.2) is 46.5 Å². The van der Waals surface area contributed by atoms with E-state index in [0.29, 0.717) is 16.5 Å². The first-order valence-corrected chi connectivity index (χ1v) is 10.00. The number of fused-ring (bicyclic) bond motifs is 1. The summed E-state index contributed by atoms with van der Waals surface area (Å²) < 4.78 is 5.92. The minimum Gasteiger partial charge on any atom is -0.544 e.